The van der Waals surface area contributed by atoms with E-state index in [1.54, 1.807) is 12.1 Å². The van der Waals surface area contributed by atoms with Gasteiger partial charge in [0, 0.05) is 30.8 Å². The summed E-state index contributed by atoms with van der Waals surface area (Å²) in [7, 11) is 1.32. The van der Waals surface area contributed by atoms with E-state index in [0.717, 1.165) is 11.3 Å². The molecule has 1 aliphatic heterocycles. The smallest absolute Gasteiger partial charge is 0.338 e. The van der Waals surface area contributed by atoms with Crippen molar-refractivity contribution >= 4 is 40.9 Å². The van der Waals surface area contributed by atoms with E-state index in [-0.39, 0.29) is 36.6 Å². The molecule has 1 aliphatic rings. The van der Waals surface area contributed by atoms with Gasteiger partial charge in [0.2, 0.25) is 5.91 Å². The van der Waals surface area contributed by atoms with Crippen molar-refractivity contribution in [1.29, 1.82) is 0 Å². The van der Waals surface area contributed by atoms with Gasteiger partial charge in [-0.3, -0.25) is 9.59 Å². The molecule has 8 nitrogen and oxygen atoms in total. The van der Waals surface area contributed by atoms with Gasteiger partial charge in [0.15, 0.2) is 5.11 Å². The van der Waals surface area contributed by atoms with Crippen LogP contribution >= 0.6 is 12.2 Å². The molecule has 0 aliphatic carbocycles. The summed E-state index contributed by atoms with van der Waals surface area (Å²) in [6.45, 7) is 8.78. The molecule has 0 spiro atoms. The molecule has 0 saturated carbocycles. The predicted molar refractivity (Wildman–Crippen MR) is 130 cm³/mol. The van der Waals surface area contributed by atoms with Crippen molar-refractivity contribution in [2.45, 2.75) is 53.0 Å². The molecule has 0 radical (unpaired) electrons. The zero-order valence-corrected chi connectivity index (χ0v) is 20.7. The molecule has 2 rings (SSSR count). The number of allylic oxidation sites excluding steroid dienone is 1. The summed E-state index contributed by atoms with van der Waals surface area (Å²) in [6, 6.07) is 6.78. The molecule has 1 aromatic rings. The van der Waals surface area contributed by atoms with Crippen LogP contribution < -0.4 is 10.6 Å². The van der Waals surface area contributed by atoms with Crippen LogP contribution in [0.1, 0.15) is 58.6 Å². The number of hydrogen-bond donors (Lipinski definition) is 2. The lowest BCUT2D eigenvalue weighted by Gasteiger charge is -2.37. The van der Waals surface area contributed by atoms with Crippen molar-refractivity contribution < 1.29 is 23.9 Å². The number of carbonyl (C=O) groups excluding carboxylic acids is 3. The van der Waals surface area contributed by atoms with Crippen LogP contribution in [-0.2, 0) is 23.9 Å². The molecule has 33 heavy (non-hydrogen) atoms. The van der Waals surface area contributed by atoms with Gasteiger partial charge in [-0.15, -0.1) is 0 Å². The third kappa shape index (κ3) is 7.28. The molecule has 1 heterocycles. The minimum Gasteiger partial charge on any atom is -0.469 e. The number of anilines is 1. The number of ether oxygens (including phenoxy) is 2. The lowest BCUT2D eigenvalue weighted by molar-refractivity contribution is -0.141. The van der Waals surface area contributed by atoms with E-state index in [9.17, 15) is 14.4 Å². The third-order valence-electron chi connectivity index (χ3n) is 5.22. The fourth-order valence-electron chi connectivity index (χ4n) is 3.47. The van der Waals surface area contributed by atoms with Gasteiger partial charge in [0.1, 0.15) is 0 Å². The Balaban J connectivity index is 2.16. The standard InChI is InChI=1S/C24H33N3O5S/c1-6-27-16(4)21(23(30)32-14-15(2)3)22(26-24(27)33)17-10-12-18(13-11-17)25-19(28)8-7-9-20(29)31-5/h10-13,15,22H,6-9,14H2,1-5H3,(H,25,28)(H,26,33). The van der Waals surface area contributed by atoms with E-state index in [4.69, 9.17) is 17.0 Å². The summed E-state index contributed by atoms with van der Waals surface area (Å²) in [5.41, 5.74) is 2.74. The molecule has 2 N–H and O–H groups in total. The highest BCUT2D eigenvalue weighted by atomic mass is 32.1. The van der Waals surface area contributed by atoms with Crippen molar-refractivity contribution in [2.24, 2.45) is 5.92 Å². The van der Waals surface area contributed by atoms with Crippen molar-refractivity contribution in [3.63, 3.8) is 0 Å². The Morgan fingerprint density at radius 1 is 1.18 bits per heavy atom. The SMILES string of the molecule is CCN1C(=S)NC(c2ccc(NC(=O)CCCC(=O)OC)cc2)C(C(=O)OCC(C)C)=C1C. The van der Waals surface area contributed by atoms with Crippen LogP contribution in [0.25, 0.3) is 0 Å². The quantitative estimate of drug-likeness (QED) is 0.391. The van der Waals surface area contributed by atoms with Crippen LogP contribution in [-0.4, -0.2) is 48.1 Å². The maximum atomic E-state index is 13.0. The number of thiocarbonyl (C=S) groups is 1. The van der Waals surface area contributed by atoms with Gasteiger partial charge in [0.05, 0.1) is 25.3 Å². The third-order valence-corrected chi connectivity index (χ3v) is 5.56. The molecule has 1 atom stereocenters. The highest BCUT2D eigenvalue weighted by Gasteiger charge is 2.34. The summed E-state index contributed by atoms with van der Waals surface area (Å²) in [5, 5.41) is 6.61. The Hall–Kier alpha value is -2.94. The monoisotopic (exact) mass is 475 g/mol. The van der Waals surface area contributed by atoms with E-state index in [1.165, 1.54) is 7.11 Å². The maximum absolute atomic E-state index is 13.0. The molecule has 0 fully saturated rings. The molecule has 180 valence electrons. The van der Waals surface area contributed by atoms with Crippen molar-refractivity contribution in [3.8, 4) is 0 Å². The fourth-order valence-corrected chi connectivity index (χ4v) is 3.86. The van der Waals surface area contributed by atoms with Crippen LogP contribution in [0.2, 0.25) is 0 Å². The summed E-state index contributed by atoms with van der Waals surface area (Å²) in [6.07, 6.45) is 0.835. The van der Waals surface area contributed by atoms with Gasteiger partial charge >= 0.3 is 11.9 Å². The number of nitrogens with one attached hydrogen (secondary N) is 2. The number of rotatable bonds is 10. The minimum absolute atomic E-state index is 0.184. The number of hydrogen-bond acceptors (Lipinski definition) is 6. The van der Waals surface area contributed by atoms with Gasteiger partial charge in [0.25, 0.3) is 0 Å². The van der Waals surface area contributed by atoms with Crippen LogP contribution in [0.5, 0.6) is 0 Å². The molecule has 1 amide bonds. The number of esters is 2. The maximum Gasteiger partial charge on any atom is 0.338 e. The second-order valence-corrected chi connectivity index (χ2v) is 8.60. The molecular formula is C24H33N3O5S. The van der Waals surface area contributed by atoms with E-state index in [2.05, 4.69) is 15.4 Å². The molecule has 1 unspecified atom stereocenters. The van der Waals surface area contributed by atoms with E-state index >= 15 is 0 Å². The summed E-state index contributed by atoms with van der Waals surface area (Å²) in [4.78, 5) is 38.1. The number of methoxy groups -OCH3 is 1. The van der Waals surface area contributed by atoms with Gasteiger partial charge in [-0.1, -0.05) is 26.0 Å². The van der Waals surface area contributed by atoms with Gasteiger partial charge in [-0.25, -0.2) is 4.79 Å². The lowest BCUT2D eigenvalue weighted by atomic mass is 9.94. The number of amides is 1. The average molecular weight is 476 g/mol. The summed E-state index contributed by atoms with van der Waals surface area (Å²) < 4.78 is 10.1. The lowest BCUT2D eigenvalue weighted by Crippen LogP contribution is -2.47. The van der Waals surface area contributed by atoms with Gasteiger partial charge < -0.3 is 25.0 Å². The topological polar surface area (TPSA) is 97.0 Å². The Labute approximate surface area is 200 Å². The second kappa shape index (κ2) is 12.3. The molecular weight excluding hydrogens is 442 g/mol. The Bertz CT molecular complexity index is 911. The van der Waals surface area contributed by atoms with Crippen LogP contribution in [0, 0.1) is 5.92 Å². The highest BCUT2D eigenvalue weighted by molar-refractivity contribution is 7.80. The van der Waals surface area contributed by atoms with Crippen molar-refractivity contribution in [2.75, 3.05) is 25.6 Å². The largest absolute Gasteiger partial charge is 0.469 e. The molecule has 1 aromatic carbocycles. The number of carbonyl (C=O) groups is 3. The Morgan fingerprint density at radius 2 is 1.85 bits per heavy atom. The average Bonchev–Trinajstić information content (AvgIpc) is 2.77. The van der Waals surface area contributed by atoms with Crippen LogP contribution in [0.4, 0.5) is 5.69 Å². The van der Waals surface area contributed by atoms with E-state index < -0.39 is 6.04 Å². The number of benzene rings is 1. The van der Waals surface area contributed by atoms with Crippen molar-refractivity contribution in [1.82, 2.24) is 10.2 Å². The first-order valence-corrected chi connectivity index (χ1v) is 11.5. The first-order valence-electron chi connectivity index (χ1n) is 11.1. The molecule has 0 saturated heterocycles. The zero-order valence-electron chi connectivity index (χ0n) is 19.9. The zero-order chi connectivity index (χ0) is 24.5. The summed E-state index contributed by atoms with van der Waals surface area (Å²) in [5.74, 6) is -0.667. The number of nitrogens with zero attached hydrogens (tertiary/aromatic N) is 1. The predicted octanol–water partition coefficient (Wildman–Crippen LogP) is 3.69. The highest BCUT2D eigenvalue weighted by Crippen LogP contribution is 2.32. The Morgan fingerprint density at radius 3 is 2.42 bits per heavy atom. The van der Waals surface area contributed by atoms with Crippen LogP contribution in [0.15, 0.2) is 35.5 Å². The normalized spacial score (nSPS) is 15.9. The molecule has 0 bridgehead atoms. The second-order valence-electron chi connectivity index (χ2n) is 8.22. The van der Waals surface area contributed by atoms with E-state index in [0.29, 0.717) is 35.9 Å². The molecule has 9 heteroatoms. The minimum atomic E-state index is -0.454. The first kappa shape index (κ1) is 26.3. The summed E-state index contributed by atoms with van der Waals surface area (Å²) >= 11 is 5.52. The van der Waals surface area contributed by atoms with Gasteiger partial charge in [-0.2, -0.15) is 0 Å². The molecule has 0 aromatic heterocycles. The fraction of sp³-hybridized carbons (Fsp3) is 0.500. The van der Waals surface area contributed by atoms with E-state index in [1.807, 2.05) is 44.7 Å². The van der Waals surface area contributed by atoms with Gasteiger partial charge in [-0.05, 0) is 56.1 Å². The Kier molecular flexibility index (Phi) is 9.84. The van der Waals surface area contributed by atoms with Crippen LogP contribution in [0.3, 0.4) is 0 Å². The first-order chi connectivity index (χ1) is 15.7. The van der Waals surface area contributed by atoms with Crippen molar-refractivity contribution in [3.05, 3.63) is 41.1 Å².